The van der Waals surface area contributed by atoms with Gasteiger partial charge in [0, 0.05) is 6.54 Å². The van der Waals surface area contributed by atoms with Gasteiger partial charge in [-0.05, 0) is 37.0 Å². The van der Waals surface area contributed by atoms with Crippen molar-refractivity contribution in [1.82, 2.24) is 5.32 Å². The van der Waals surface area contributed by atoms with Gasteiger partial charge in [0.2, 0.25) is 0 Å². The first-order valence-corrected chi connectivity index (χ1v) is 6.48. The van der Waals surface area contributed by atoms with Crippen LogP contribution in [0.15, 0.2) is 18.2 Å². The molecule has 1 aromatic rings. The molecule has 20 heavy (non-hydrogen) atoms. The van der Waals surface area contributed by atoms with Crippen LogP contribution in [-0.2, 0) is 0 Å². The molecule has 0 bridgehead atoms. The molecule has 110 valence electrons. The largest absolute Gasteiger partial charge is 0.478 e. The smallest absolute Gasteiger partial charge is 0.337 e. The van der Waals surface area contributed by atoms with E-state index in [1.165, 1.54) is 6.07 Å². The molecular formula is C14H19FN2O3. The number of carboxylic acid groups (broad SMARTS) is 1. The van der Waals surface area contributed by atoms with E-state index in [0.29, 0.717) is 12.5 Å². The predicted molar refractivity (Wildman–Crippen MR) is 74.5 cm³/mol. The van der Waals surface area contributed by atoms with Crippen molar-refractivity contribution in [3.05, 3.63) is 29.6 Å². The Morgan fingerprint density at radius 2 is 2.05 bits per heavy atom. The van der Waals surface area contributed by atoms with Gasteiger partial charge < -0.3 is 15.7 Å². The Morgan fingerprint density at radius 3 is 2.65 bits per heavy atom. The standard InChI is InChI=1S/C14H19FN2O3/c1-9(2)4-3-7-16-14(20)17-12-6-5-10(15)8-11(12)13(18)19/h5-6,8-9H,3-4,7H2,1-2H3,(H,18,19)(H2,16,17,20). The van der Waals surface area contributed by atoms with Crippen LogP contribution >= 0.6 is 0 Å². The number of aromatic carboxylic acids is 1. The first kappa shape index (κ1) is 15.9. The number of carboxylic acids is 1. The van der Waals surface area contributed by atoms with Gasteiger partial charge in [0.05, 0.1) is 11.3 Å². The summed E-state index contributed by atoms with van der Waals surface area (Å²) in [4.78, 5) is 22.6. The van der Waals surface area contributed by atoms with E-state index >= 15 is 0 Å². The number of nitrogens with one attached hydrogen (secondary N) is 2. The maximum atomic E-state index is 13.0. The summed E-state index contributed by atoms with van der Waals surface area (Å²) in [6.07, 6.45) is 1.84. The second kappa shape index (κ2) is 7.47. The Balaban J connectivity index is 2.55. The molecule has 6 heteroatoms. The highest BCUT2D eigenvalue weighted by atomic mass is 19.1. The summed E-state index contributed by atoms with van der Waals surface area (Å²) < 4.78 is 13.0. The van der Waals surface area contributed by atoms with Crippen LogP contribution in [0.2, 0.25) is 0 Å². The van der Waals surface area contributed by atoms with Crippen LogP contribution in [0.5, 0.6) is 0 Å². The lowest BCUT2D eigenvalue weighted by Gasteiger charge is -2.10. The lowest BCUT2D eigenvalue weighted by molar-refractivity contribution is 0.0697. The van der Waals surface area contributed by atoms with Gasteiger partial charge in [-0.1, -0.05) is 13.8 Å². The SMILES string of the molecule is CC(C)CCCNC(=O)Nc1ccc(F)cc1C(=O)O. The predicted octanol–water partition coefficient (Wildman–Crippen LogP) is 3.08. The second-order valence-electron chi connectivity index (χ2n) is 4.91. The molecule has 0 atom stereocenters. The molecule has 0 heterocycles. The molecule has 0 saturated carbocycles. The molecule has 0 aliphatic rings. The van der Waals surface area contributed by atoms with Crippen LogP contribution in [0.4, 0.5) is 14.9 Å². The van der Waals surface area contributed by atoms with Crippen molar-refractivity contribution in [3.63, 3.8) is 0 Å². The number of benzene rings is 1. The van der Waals surface area contributed by atoms with Crippen LogP contribution < -0.4 is 10.6 Å². The Labute approximate surface area is 117 Å². The molecule has 0 aromatic heterocycles. The van der Waals surface area contributed by atoms with Crippen LogP contribution in [0, 0.1) is 11.7 Å². The van der Waals surface area contributed by atoms with E-state index < -0.39 is 17.8 Å². The fourth-order valence-electron chi connectivity index (χ4n) is 1.68. The molecule has 1 rings (SSSR count). The van der Waals surface area contributed by atoms with Crippen molar-refractivity contribution < 1.29 is 19.1 Å². The van der Waals surface area contributed by atoms with Gasteiger partial charge in [0.15, 0.2) is 0 Å². The Hall–Kier alpha value is -2.11. The summed E-state index contributed by atoms with van der Waals surface area (Å²) in [7, 11) is 0. The Morgan fingerprint density at radius 1 is 1.35 bits per heavy atom. The third-order valence-corrected chi connectivity index (χ3v) is 2.70. The maximum Gasteiger partial charge on any atom is 0.337 e. The first-order valence-electron chi connectivity index (χ1n) is 6.48. The summed E-state index contributed by atoms with van der Waals surface area (Å²) in [5.41, 5.74) is -0.206. The number of halogens is 1. The zero-order chi connectivity index (χ0) is 15.1. The normalized spacial score (nSPS) is 10.4. The van der Waals surface area contributed by atoms with Gasteiger partial charge in [0.1, 0.15) is 5.82 Å². The molecule has 2 amide bonds. The number of rotatable bonds is 6. The quantitative estimate of drug-likeness (QED) is 0.701. The fourth-order valence-corrected chi connectivity index (χ4v) is 1.68. The minimum absolute atomic E-state index is 0.0697. The van der Waals surface area contributed by atoms with Crippen molar-refractivity contribution >= 4 is 17.7 Å². The number of amides is 2. The highest BCUT2D eigenvalue weighted by Crippen LogP contribution is 2.16. The van der Waals surface area contributed by atoms with E-state index in [1.807, 2.05) is 0 Å². The number of carbonyl (C=O) groups is 2. The van der Waals surface area contributed by atoms with Gasteiger partial charge in [-0.25, -0.2) is 14.0 Å². The molecule has 0 saturated heterocycles. The first-order chi connectivity index (χ1) is 9.40. The van der Waals surface area contributed by atoms with Gasteiger partial charge in [0.25, 0.3) is 0 Å². The zero-order valence-electron chi connectivity index (χ0n) is 11.6. The van der Waals surface area contributed by atoms with Crippen molar-refractivity contribution in [2.45, 2.75) is 26.7 Å². The topological polar surface area (TPSA) is 78.4 Å². The monoisotopic (exact) mass is 282 g/mol. The van der Waals surface area contributed by atoms with Crippen LogP contribution in [0.1, 0.15) is 37.0 Å². The fraction of sp³-hybridized carbons (Fsp3) is 0.429. The Bertz CT molecular complexity index is 489. The third kappa shape index (κ3) is 5.26. The minimum atomic E-state index is -1.29. The van der Waals surface area contributed by atoms with E-state index in [2.05, 4.69) is 24.5 Å². The van der Waals surface area contributed by atoms with E-state index in [0.717, 1.165) is 25.0 Å². The van der Waals surface area contributed by atoms with Crippen LogP contribution in [0.25, 0.3) is 0 Å². The van der Waals surface area contributed by atoms with Crippen molar-refractivity contribution in [1.29, 1.82) is 0 Å². The third-order valence-electron chi connectivity index (χ3n) is 2.70. The van der Waals surface area contributed by atoms with Crippen LogP contribution in [-0.4, -0.2) is 23.7 Å². The lowest BCUT2D eigenvalue weighted by atomic mass is 10.1. The number of hydrogen-bond donors (Lipinski definition) is 3. The van der Waals surface area contributed by atoms with Crippen molar-refractivity contribution in [2.24, 2.45) is 5.92 Å². The molecule has 0 aliphatic heterocycles. The summed E-state index contributed by atoms with van der Waals surface area (Å²) >= 11 is 0. The van der Waals surface area contributed by atoms with Crippen molar-refractivity contribution in [3.8, 4) is 0 Å². The van der Waals surface area contributed by atoms with E-state index in [4.69, 9.17) is 5.11 Å². The number of anilines is 1. The van der Waals surface area contributed by atoms with Crippen molar-refractivity contribution in [2.75, 3.05) is 11.9 Å². The molecule has 5 nitrogen and oxygen atoms in total. The van der Waals surface area contributed by atoms with Gasteiger partial charge >= 0.3 is 12.0 Å². The summed E-state index contributed by atoms with van der Waals surface area (Å²) in [5, 5.41) is 14.0. The highest BCUT2D eigenvalue weighted by Gasteiger charge is 2.13. The van der Waals surface area contributed by atoms with Gasteiger partial charge in [-0.2, -0.15) is 0 Å². The molecule has 3 N–H and O–H groups in total. The Kier molecular flexibility index (Phi) is 5.96. The number of urea groups is 1. The zero-order valence-corrected chi connectivity index (χ0v) is 11.6. The molecule has 0 spiro atoms. The van der Waals surface area contributed by atoms with Crippen LogP contribution in [0.3, 0.4) is 0 Å². The molecule has 0 aliphatic carbocycles. The molecule has 0 fully saturated rings. The number of carbonyl (C=O) groups excluding carboxylic acids is 1. The highest BCUT2D eigenvalue weighted by molar-refractivity contribution is 5.99. The molecule has 0 unspecified atom stereocenters. The molecular weight excluding hydrogens is 263 g/mol. The van der Waals surface area contributed by atoms with E-state index in [1.54, 1.807) is 0 Å². The van der Waals surface area contributed by atoms with E-state index in [-0.39, 0.29) is 11.3 Å². The average molecular weight is 282 g/mol. The number of hydrogen-bond acceptors (Lipinski definition) is 2. The molecule has 0 radical (unpaired) electrons. The molecule has 1 aromatic carbocycles. The lowest BCUT2D eigenvalue weighted by Crippen LogP contribution is -2.30. The summed E-state index contributed by atoms with van der Waals surface area (Å²) in [5.74, 6) is -1.39. The summed E-state index contributed by atoms with van der Waals surface area (Å²) in [6.45, 7) is 4.70. The average Bonchev–Trinajstić information content (AvgIpc) is 2.36. The van der Waals surface area contributed by atoms with E-state index in [9.17, 15) is 14.0 Å². The minimum Gasteiger partial charge on any atom is -0.478 e. The van der Waals surface area contributed by atoms with Gasteiger partial charge in [-0.3, -0.25) is 0 Å². The van der Waals surface area contributed by atoms with Gasteiger partial charge in [-0.15, -0.1) is 0 Å². The maximum absolute atomic E-state index is 13.0. The second-order valence-corrected chi connectivity index (χ2v) is 4.91. The summed E-state index contributed by atoms with van der Waals surface area (Å²) in [6, 6.07) is 2.70.